The lowest BCUT2D eigenvalue weighted by Crippen LogP contribution is -2.24. The van der Waals surface area contributed by atoms with Crippen LogP contribution >= 0.6 is 15.9 Å². The second-order valence-corrected chi connectivity index (χ2v) is 7.61. The van der Waals surface area contributed by atoms with Gasteiger partial charge in [-0.1, -0.05) is 46.3 Å². The van der Waals surface area contributed by atoms with Gasteiger partial charge < -0.3 is 9.47 Å². The van der Waals surface area contributed by atoms with E-state index in [-0.39, 0.29) is 17.2 Å². The molecule has 0 heterocycles. The fraction of sp³-hybridized carbons (Fsp3) is 0.0870. The van der Waals surface area contributed by atoms with Crippen molar-refractivity contribution in [2.45, 2.75) is 6.92 Å². The summed E-state index contributed by atoms with van der Waals surface area (Å²) in [7, 11) is 0. The maximum Gasteiger partial charge on any atom is 0.343 e. The Morgan fingerprint density at radius 2 is 1.82 bits per heavy atom. The molecule has 0 aliphatic heterocycles. The molecule has 0 fully saturated rings. The van der Waals surface area contributed by atoms with Crippen LogP contribution in [-0.2, 0) is 4.79 Å². The lowest BCUT2D eigenvalue weighted by atomic mass is 10.1. The van der Waals surface area contributed by atoms with E-state index < -0.39 is 23.4 Å². The molecule has 0 spiro atoms. The summed E-state index contributed by atoms with van der Waals surface area (Å²) in [5.74, 6) is -0.926. The summed E-state index contributed by atoms with van der Waals surface area (Å²) in [6, 6.07) is 17.7. The van der Waals surface area contributed by atoms with Gasteiger partial charge >= 0.3 is 11.7 Å². The van der Waals surface area contributed by atoms with E-state index in [4.69, 9.17) is 9.47 Å². The number of hydrogen-bond donors (Lipinski definition) is 1. The third-order valence-electron chi connectivity index (χ3n) is 4.35. The Balaban J connectivity index is 1.64. The largest absolute Gasteiger partial charge is 0.477 e. The number of hydrazone groups is 1. The summed E-state index contributed by atoms with van der Waals surface area (Å²) >= 11 is 3.34. The molecule has 1 amide bonds. The molecule has 1 N–H and O–H groups in total. The Hall–Kier alpha value is -4.05. The first-order chi connectivity index (χ1) is 15.8. The Morgan fingerprint density at radius 3 is 2.58 bits per heavy atom. The molecule has 33 heavy (non-hydrogen) atoms. The van der Waals surface area contributed by atoms with E-state index in [2.05, 4.69) is 26.5 Å². The van der Waals surface area contributed by atoms with Crippen molar-refractivity contribution in [3.8, 4) is 11.5 Å². The second-order valence-electron chi connectivity index (χ2n) is 6.69. The summed E-state index contributed by atoms with van der Waals surface area (Å²) in [4.78, 5) is 35.0. The summed E-state index contributed by atoms with van der Waals surface area (Å²) in [5, 5.41) is 14.9. The molecular weight excluding hydrogens is 494 g/mol. The first-order valence-corrected chi connectivity index (χ1v) is 10.4. The Kier molecular flexibility index (Phi) is 7.87. The van der Waals surface area contributed by atoms with Crippen molar-refractivity contribution in [1.29, 1.82) is 0 Å². The number of nitrogens with zero attached hydrogens (tertiary/aromatic N) is 2. The summed E-state index contributed by atoms with van der Waals surface area (Å²) in [6.07, 6.45) is 1.31. The van der Waals surface area contributed by atoms with Gasteiger partial charge in [0.05, 0.1) is 16.7 Å². The van der Waals surface area contributed by atoms with Crippen molar-refractivity contribution < 1.29 is 24.0 Å². The maximum atomic E-state index is 12.5. The third kappa shape index (κ3) is 6.47. The van der Waals surface area contributed by atoms with Crippen LogP contribution in [0.2, 0.25) is 0 Å². The predicted molar refractivity (Wildman–Crippen MR) is 125 cm³/mol. The number of carbonyl (C=O) groups is 2. The minimum absolute atomic E-state index is 0.0287. The fourth-order valence-corrected chi connectivity index (χ4v) is 3.13. The zero-order chi connectivity index (χ0) is 23.8. The minimum atomic E-state index is -0.627. The summed E-state index contributed by atoms with van der Waals surface area (Å²) in [6.45, 7) is 1.33. The Labute approximate surface area is 197 Å². The maximum absolute atomic E-state index is 12.5. The van der Waals surface area contributed by atoms with Crippen LogP contribution < -0.4 is 14.9 Å². The molecule has 0 unspecified atom stereocenters. The monoisotopic (exact) mass is 511 g/mol. The van der Waals surface area contributed by atoms with Gasteiger partial charge in [0.15, 0.2) is 12.4 Å². The van der Waals surface area contributed by atoms with Crippen LogP contribution in [0.5, 0.6) is 11.5 Å². The molecular formula is C23H18BrN3O6. The van der Waals surface area contributed by atoms with Crippen LogP contribution in [0.15, 0.2) is 76.3 Å². The average molecular weight is 512 g/mol. The smallest absolute Gasteiger partial charge is 0.343 e. The average Bonchev–Trinajstić information content (AvgIpc) is 2.79. The van der Waals surface area contributed by atoms with Gasteiger partial charge in [-0.2, -0.15) is 5.10 Å². The van der Waals surface area contributed by atoms with Gasteiger partial charge in [0.2, 0.25) is 0 Å². The summed E-state index contributed by atoms with van der Waals surface area (Å²) in [5.41, 5.74) is 3.67. The normalized spacial score (nSPS) is 10.6. The molecule has 10 heteroatoms. The number of nitro benzene ring substituents is 1. The van der Waals surface area contributed by atoms with E-state index in [1.807, 2.05) is 19.1 Å². The number of nitrogens with one attached hydrogen (secondary N) is 1. The minimum Gasteiger partial charge on any atom is -0.477 e. The number of para-hydroxylation sites is 2. The van der Waals surface area contributed by atoms with Gasteiger partial charge in [0.1, 0.15) is 5.75 Å². The van der Waals surface area contributed by atoms with E-state index in [0.29, 0.717) is 15.6 Å². The molecule has 0 aliphatic carbocycles. The number of halogens is 1. The van der Waals surface area contributed by atoms with E-state index in [1.54, 1.807) is 36.4 Å². The molecule has 168 valence electrons. The van der Waals surface area contributed by atoms with E-state index in [9.17, 15) is 19.7 Å². The van der Waals surface area contributed by atoms with Crippen LogP contribution in [0.4, 0.5) is 5.69 Å². The molecule has 3 rings (SSSR count). The first kappa shape index (κ1) is 23.6. The van der Waals surface area contributed by atoms with Crippen molar-refractivity contribution in [2.24, 2.45) is 5.10 Å². The number of ether oxygens (including phenoxy) is 2. The highest BCUT2D eigenvalue weighted by Gasteiger charge is 2.15. The number of nitro groups is 1. The van der Waals surface area contributed by atoms with Gasteiger partial charge in [-0.3, -0.25) is 14.9 Å². The fourth-order valence-electron chi connectivity index (χ4n) is 2.75. The highest BCUT2D eigenvalue weighted by Crippen LogP contribution is 2.26. The molecule has 0 radical (unpaired) electrons. The molecule has 3 aromatic carbocycles. The topological polar surface area (TPSA) is 120 Å². The van der Waals surface area contributed by atoms with Crippen LogP contribution in [0.1, 0.15) is 21.5 Å². The summed E-state index contributed by atoms with van der Waals surface area (Å²) < 4.78 is 11.4. The number of benzene rings is 3. The molecule has 0 saturated carbocycles. The number of aryl methyl sites for hydroxylation is 1. The lowest BCUT2D eigenvalue weighted by Gasteiger charge is -2.09. The van der Waals surface area contributed by atoms with Crippen LogP contribution in [0, 0.1) is 17.0 Å². The van der Waals surface area contributed by atoms with Gasteiger partial charge in [0.25, 0.3) is 5.91 Å². The predicted octanol–water partition coefficient (Wildman–Crippen LogP) is 4.41. The molecule has 0 aliphatic rings. The SMILES string of the molecule is Cc1ccccc1C(=O)Oc1ccc(Br)cc1C=NNC(=O)COc1ccccc1[N+](=O)[O-]. The number of amides is 1. The van der Waals surface area contributed by atoms with Crippen LogP contribution in [0.25, 0.3) is 0 Å². The number of esters is 1. The Bertz CT molecular complexity index is 1230. The van der Waals surface area contributed by atoms with Crippen molar-refractivity contribution >= 4 is 39.7 Å². The number of rotatable bonds is 8. The van der Waals surface area contributed by atoms with E-state index in [1.165, 1.54) is 24.4 Å². The molecule has 0 bridgehead atoms. The van der Waals surface area contributed by atoms with Gasteiger partial charge in [-0.25, -0.2) is 10.2 Å². The quantitative estimate of drug-likeness (QED) is 0.157. The lowest BCUT2D eigenvalue weighted by molar-refractivity contribution is -0.385. The molecule has 0 aromatic heterocycles. The van der Waals surface area contributed by atoms with Crippen molar-refractivity contribution in [3.63, 3.8) is 0 Å². The highest BCUT2D eigenvalue weighted by atomic mass is 79.9. The van der Waals surface area contributed by atoms with Gasteiger partial charge in [-0.05, 0) is 42.8 Å². The first-order valence-electron chi connectivity index (χ1n) is 9.60. The molecule has 3 aromatic rings. The van der Waals surface area contributed by atoms with Crippen LogP contribution in [0.3, 0.4) is 0 Å². The molecule has 0 atom stereocenters. The van der Waals surface area contributed by atoms with Crippen molar-refractivity contribution in [3.05, 3.63) is 98.0 Å². The standard InChI is InChI=1S/C23H18BrN3O6/c1-15-6-2-3-7-18(15)23(29)33-20-11-10-17(24)12-16(20)13-25-26-22(28)14-32-21-9-5-4-8-19(21)27(30)31/h2-13H,14H2,1H3,(H,26,28). The molecule has 0 saturated heterocycles. The molecule has 9 nitrogen and oxygen atoms in total. The zero-order valence-corrected chi connectivity index (χ0v) is 18.9. The number of hydrogen-bond acceptors (Lipinski definition) is 7. The number of carbonyl (C=O) groups excluding carboxylic acids is 2. The zero-order valence-electron chi connectivity index (χ0n) is 17.4. The van der Waals surface area contributed by atoms with Crippen molar-refractivity contribution in [1.82, 2.24) is 5.43 Å². The third-order valence-corrected chi connectivity index (χ3v) is 4.85. The van der Waals surface area contributed by atoms with E-state index in [0.717, 1.165) is 5.56 Å². The van der Waals surface area contributed by atoms with Gasteiger partial charge in [-0.15, -0.1) is 0 Å². The van der Waals surface area contributed by atoms with Crippen LogP contribution in [-0.4, -0.2) is 29.6 Å². The Morgan fingerprint density at radius 1 is 1.09 bits per heavy atom. The van der Waals surface area contributed by atoms with E-state index >= 15 is 0 Å². The van der Waals surface area contributed by atoms with Gasteiger partial charge in [0, 0.05) is 16.1 Å². The highest BCUT2D eigenvalue weighted by molar-refractivity contribution is 9.10. The van der Waals surface area contributed by atoms with Crippen molar-refractivity contribution in [2.75, 3.05) is 6.61 Å². The second kappa shape index (κ2) is 11.0.